The number of carboxylic acid groups (broad SMARTS) is 1. The van der Waals surface area contributed by atoms with Gasteiger partial charge in [0.15, 0.2) is 0 Å². The van der Waals surface area contributed by atoms with Gasteiger partial charge in [-0.2, -0.15) is 0 Å². The van der Waals surface area contributed by atoms with E-state index in [4.69, 9.17) is 9.52 Å². The molecule has 1 amide bonds. The Balaban J connectivity index is 2.28. The van der Waals surface area contributed by atoms with Gasteiger partial charge in [-0.1, -0.05) is 0 Å². The van der Waals surface area contributed by atoms with Crippen LogP contribution in [-0.4, -0.2) is 41.5 Å². The number of rotatable bonds is 8. The quantitative estimate of drug-likeness (QED) is 0.737. The van der Waals surface area contributed by atoms with Crippen LogP contribution in [0.2, 0.25) is 0 Å². The standard InChI is InChI=1S/C13H20N2O4/c1-10(15(2)7-3-6-12(16)17)13(18)14-9-11-5-4-8-19-11/h4-5,8,10H,3,6-7,9H2,1-2H3,(H,14,18)(H,16,17). The van der Waals surface area contributed by atoms with Crippen LogP contribution in [0.25, 0.3) is 0 Å². The molecular weight excluding hydrogens is 248 g/mol. The molecule has 0 bridgehead atoms. The second-order valence-corrected chi connectivity index (χ2v) is 4.45. The zero-order chi connectivity index (χ0) is 14.3. The normalized spacial score (nSPS) is 12.4. The predicted octanol–water partition coefficient (Wildman–Crippen LogP) is 1.08. The highest BCUT2D eigenvalue weighted by Crippen LogP contribution is 2.02. The smallest absolute Gasteiger partial charge is 0.303 e. The molecule has 6 nitrogen and oxygen atoms in total. The van der Waals surface area contributed by atoms with Gasteiger partial charge in [0, 0.05) is 6.42 Å². The molecule has 1 aromatic heterocycles. The van der Waals surface area contributed by atoms with E-state index in [0.717, 1.165) is 0 Å². The second-order valence-electron chi connectivity index (χ2n) is 4.45. The number of carbonyl (C=O) groups excluding carboxylic acids is 1. The Bertz CT molecular complexity index is 403. The Hall–Kier alpha value is -1.82. The molecule has 1 atom stereocenters. The van der Waals surface area contributed by atoms with E-state index in [1.54, 1.807) is 32.4 Å². The van der Waals surface area contributed by atoms with Crippen LogP contribution in [0, 0.1) is 0 Å². The number of furan rings is 1. The molecule has 0 aliphatic heterocycles. The SMILES string of the molecule is CC(C(=O)NCc1ccco1)N(C)CCCC(=O)O. The van der Waals surface area contributed by atoms with E-state index in [2.05, 4.69) is 5.32 Å². The maximum absolute atomic E-state index is 11.9. The van der Waals surface area contributed by atoms with E-state index in [1.807, 2.05) is 4.90 Å². The van der Waals surface area contributed by atoms with E-state index in [9.17, 15) is 9.59 Å². The molecule has 1 heterocycles. The highest BCUT2D eigenvalue weighted by molar-refractivity contribution is 5.81. The van der Waals surface area contributed by atoms with Gasteiger partial charge >= 0.3 is 5.97 Å². The van der Waals surface area contributed by atoms with Crippen LogP contribution in [-0.2, 0) is 16.1 Å². The van der Waals surface area contributed by atoms with Crippen LogP contribution in [0.4, 0.5) is 0 Å². The lowest BCUT2D eigenvalue weighted by atomic mass is 10.2. The number of aliphatic carboxylic acids is 1. The van der Waals surface area contributed by atoms with Crippen molar-refractivity contribution in [2.75, 3.05) is 13.6 Å². The van der Waals surface area contributed by atoms with Crippen molar-refractivity contribution >= 4 is 11.9 Å². The third-order valence-electron chi connectivity index (χ3n) is 2.96. The van der Waals surface area contributed by atoms with E-state index < -0.39 is 5.97 Å². The van der Waals surface area contributed by atoms with Gasteiger partial charge in [-0.15, -0.1) is 0 Å². The van der Waals surface area contributed by atoms with Crippen LogP contribution in [0.3, 0.4) is 0 Å². The molecule has 1 unspecified atom stereocenters. The molecule has 0 fully saturated rings. The van der Waals surface area contributed by atoms with E-state index >= 15 is 0 Å². The number of nitrogens with zero attached hydrogens (tertiary/aromatic N) is 1. The Labute approximate surface area is 112 Å². The lowest BCUT2D eigenvalue weighted by Crippen LogP contribution is -2.43. The minimum absolute atomic E-state index is 0.103. The lowest BCUT2D eigenvalue weighted by Gasteiger charge is -2.23. The summed E-state index contributed by atoms with van der Waals surface area (Å²) in [5.41, 5.74) is 0. The van der Waals surface area contributed by atoms with Gasteiger partial charge in [0.25, 0.3) is 0 Å². The van der Waals surface area contributed by atoms with Crippen molar-refractivity contribution in [3.05, 3.63) is 24.2 Å². The van der Waals surface area contributed by atoms with Crippen molar-refractivity contribution < 1.29 is 19.1 Å². The first-order valence-electron chi connectivity index (χ1n) is 6.23. The van der Waals surface area contributed by atoms with Crippen LogP contribution < -0.4 is 5.32 Å². The molecule has 0 aromatic carbocycles. The molecule has 0 saturated carbocycles. The summed E-state index contributed by atoms with van der Waals surface area (Å²) in [7, 11) is 1.80. The zero-order valence-corrected chi connectivity index (χ0v) is 11.3. The molecule has 0 radical (unpaired) electrons. The number of nitrogens with one attached hydrogen (secondary N) is 1. The van der Waals surface area contributed by atoms with Crippen molar-refractivity contribution in [2.45, 2.75) is 32.4 Å². The Kier molecular flexibility index (Phi) is 6.08. The van der Waals surface area contributed by atoms with Crippen molar-refractivity contribution in [1.29, 1.82) is 0 Å². The van der Waals surface area contributed by atoms with Crippen molar-refractivity contribution in [3.8, 4) is 0 Å². The highest BCUT2D eigenvalue weighted by Gasteiger charge is 2.17. The number of hydrogen-bond acceptors (Lipinski definition) is 4. The molecule has 19 heavy (non-hydrogen) atoms. The van der Waals surface area contributed by atoms with Gasteiger partial charge in [-0.25, -0.2) is 0 Å². The molecule has 0 saturated heterocycles. The molecule has 0 spiro atoms. The number of amides is 1. The fourth-order valence-corrected chi connectivity index (χ4v) is 1.61. The fraction of sp³-hybridized carbons (Fsp3) is 0.538. The maximum atomic E-state index is 11.9. The van der Waals surface area contributed by atoms with Crippen LogP contribution in [0.15, 0.2) is 22.8 Å². The zero-order valence-electron chi connectivity index (χ0n) is 11.3. The minimum atomic E-state index is -0.816. The highest BCUT2D eigenvalue weighted by atomic mass is 16.4. The summed E-state index contributed by atoms with van der Waals surface area (Å²) >= 11 is 0. The maximum Gasteiger partial charge on any atom is 0.303 e. The first-order chi connectivity index (χ1) is 9.00. The molecule has 0 aliphatic carbocycles. The molecule has 1 rings (SSSR count). The summed E-state index contributed by atoms with van der Waals surface area (Å²) in [5, 5.41) is 11.3. The number of hydrogen-bond donors (Lipinski definition) is 2. The second kappa shape index (κ2) is 7.58. The third kappa shape index (κ3) is 5.56. The summed E-state index contributed by atoms with van der Waals surface area (Å²) in [4.78, 5) is 24.1. The summed E-state index contributed by atoms with van der Waals surface area (Å²) in [6, 6.07) is 3.26. The average molecular weight is 268 g/mol. The molecule has 106 valence electrons. The minimum Gasteiger partial charge on any atom is -0.481 e. The van der Waals surface area contributed by atoms with Crippen LogP contribution >= 0.6 is 0 Å². The monoisotopic (exact) mass is 268 g/mol. The van der Waals surface area contributed by atoms with Gasteiger partial charge in [-0.05, 0) is 39.1 Å². The topological polar surface area (TPSA) is 82.8 Å². The Morgan fingerprint density at radius 3 is 2.84 bits per heavy atom. The number of carbonyl (C=O) groups is 2. The van der Waals surface area contributed by atoms with Crippen molar-refractivity contribution in [1.82, 2.24) is 10.2 Å². The Morgan fingerprint density at radius 1 is 1.53 bits per heavy atom. The number of carboxylic acids is 1. The van der Waals surface area contributed by atoms with E-state index in [0.29, 0.717) is 25.3 Å². The van der Waals surface area contributed by atoms with Gasteiger partial charge < -0.3 is 14.8 Å². The molecule has 1 aromatic rings. The Morgan fingerprint density at radius 2 is 2.26 bits per heavy atom. The largest absolute Gasteiger partial charge is 0.481 e. The van der Waals surface area contributed by atoms with E-state index in [-0.39, 0.29) is 18.4 Å². The molecule has 6 heteroatoms. The summed E-state index contributed by atoms with van der Waals surface area (Å²) in [6.07, 6.45) is 2.20. The van der Waals surface area contributed by atoms with Gasteiger partial charge in [0.2, 0.25) is 5.91 Å². The summed E-state index contributed by atoms with van der Waals surface area (Å²) in [5.74, 6) is -0.216. The van der Waals surface area contributed by atoms with Crippen LogP contribution in [0.5, 0.6) is 0 Å². The third-order valence-corrected chi connectivity index (χ3v) is 2.96. The van der Waals surface area contributed by atoms with Gasteiger partial charge in [0.05, 0.1) is 18.8 Å². The molecular formula is C13H20N2O4. The predicted molar refractivity (Wildman–Crippen MR) is 69.5 cm³/mol. The summed E-state index contributed by atoms with van der Waals surface area (Å²) < 4.78 is 5.12. The van der Waals surface area contributed by atoms with Crippen molar-refractivity contribution in [3.63, 3.8) is 0 Å². The number of likely N-dealkylation sites (N-methyl/N-ethyl adjacent to an activating group) is 1. The van der Waals surface area contributed by atoms with E-state index in [1.165, 1.54) is 0 Å². The first-order valence-corrected chi connectivity index (χ1v) is 6.23. The van der Waals surface area contributed by atoms with Gasteiger partial charge in [0.1, 0.15) is 5.76 Å². The fourth-order valence-electron chi connectivity index (χ4n) is 1.61. The average Bonchev–Trinajstić information content (AvgIpc) is 2.87. The van der Waals surface area contributed by atoms with Crippen LogP contribution in [0.1, 0.15) is 25.5 Å². The van der Waals surface area contributed by atoms with Crippen molar-refractivity contribution in [2.24, 2.45) is 0 Å². The first kappa shape index (κ1) is 15.2. The van der Waals surface area contributed by atoms with Gasteiger partial charge in [-0.3, -0.25) is 14.5 Å². The lowest BCUT2D eigenvalue weighted by molar-refractivity contribution is -0.137. The molecule has 2 N–H and O–H groups in total. The summed E-state index contributed by atoms with van der Waals surface area (Å²) in [6.45, 7) is 2.72. The molecule has 0 aliphatic rings.